The second-order valence-corrected chi connectivity index (χ2v) is 5.16. The molecule has 0 aliphatic heterocycles. The highest BCUT2D eigenvalue weighted by atomic mass is 127. The number of nitrogens with one attached hydrogen (secondary N) is 1. The van der Waals surface area contributed by atoms with Gasteiger partial charge in [0.15, 0.2) is 5.96 Å². The first-order valence-electron chi connectivity index (χ1n) is 7.60. The Bertz CT molecular complexity index is 495. The molecular weight excluding hydrogens is 410 g/mol. The highest BCUT2D eigenvalue weighted by molar-refractivity contribution is 14.0. The molecule has 0 amide bonds. The lowest BCUT2D eigenvalue weighted by Gasteiger charge is -2.21. The second-order valence-electron chi connectivity index (χ2n) is 5.16. The van der Waals surface area contributed by atoms with Crippen molar-refractivity contribution in [2.24, 2.45) is 10.7 Å². The van der Waals surface area contributed by atoms with Crippen LogP contribution in [-0.4, -0.2) is 38.8 Å². The average molecular weight is 438 g/mol. The van der Waals surface area contributed by atoms with E-state index < -0.39 is 0 Å². The van der Waals surface area contributed by atoms with E-state index in [1.807, 2.05) is 31.7 Å². The van der Waals surface area contributed by atoms with Crippen LogP contribution in [-0.2, 0) is 11.3 Å². The summed E-state index contributed by atoms with van der Waals surface area (Å²) in [4.78, 5) is 6.20. The molecule has 0 spiro atoms. The fourth-order valence-corrected chi connectivity index (χ4v) is 2.24. The Balaban J connectivity index is 0.00000484. The largest absolute Gasteiger partial charge is 0.383 e. The maximum Gasteiger partial charge on any atom is 0.189 e. The van der Waals surface area contributed by atoms with Gasteiger partial charge in [-0.1, -0.05) is 6.07 Å². The van der Waals surface area contributed by atoms with Crippen LogP contribution < -0.4 is 16.0 Å². The molecule has 1 atom stereocenters. The lowest BCUT2D eigenvalue weighted by Crippen LogP contribution is -2.40. The predicted molar refractivity (Wildman–Crippen MR) is 105 cm³/mol. The summed E-state index contributed by atoms with van der Waals surface area (Å²) in [5.41, 5.74) is 7.21. The van der Waals surface area contributed by atoms with E-state index in [9.17, 15) is 4.39 Å². The van der Waals surface area contributed by atoms with Crippen LogP contribution in [0, 0.1) is 5.82 Å². The molecule has 0 bridgehead atoms. The number of halogens is 2. The van der Waals surface area contributed by atoms with Gasteiger partial charge in [-0.15, -0.1) is 24.0 Å². The smallest absolute Gasteiger partial charge is 0.189 e. The molecule has 0 aliphatic rings. The van der Waals surface area contributed by atoms with E-state index in [1.54, 1.807) is 13.2 Å². The van der Waals surface area contributed by atoms with E-state index in [0.29, 0.717) is 24.8 Å². The van der Waals surface area contributed by atoms with E-state index in [1.165, 1.54) is 6.07 Å². The first kappa shape index (κ1) is 21.9. The number of methoxy groups -OCH3 is 1. The lowest BCUT2D eigenvalue weighted by molar-refractivity contribution is 0.179. The molecule has 0 radical (unpaired) electrons. The van der Waals surface area contributed by atoms with Crippen LogP contribution in [0.2, 0.25) is 0 Å². The number of rotatable bonds is 8. The number of hydrogen-bond donors (Lipinski definition) is 2. The third-order valence-electron chi connectivity index (χ3n) is 3.36. The van der Waals surface area contributed by atoms with Crippen molar-refractivity contribution < 1.29 is 9.13 Å². The van der Waals surface area contributed by atoms with Gasteiger partial charge in [-0.05, 0) is 38.5 Å². The van der Waals surface area contributed by atoms with Gasteiger partial charge in [-0.3, -0.25) is 0 Å². The highest BCUT2D eigenvalue weighted by Gasteiger charge is 2.09. The number of nitrogens with zero attached hydrogens (tertiary/aromatic N) is 2. The van der Waals surface area contributed by atoms with Crippen LogP contribution in [0.3, 0.4) is 0 Å². The molecule has 1 rings (SSSR count). The van der Waals surface area contributed by atoms with E-state index in [4.69, 9.17) is 10.5 Å². The van der Waals surface area contributed by atoms with Gasteiger partial charge in [0.25, 0.3) is 0 Å². The topological polar surface area (TPSA) is 62.9 Å². The lowest BCUT2D eigenvalue weighted by atomic mass is 10.2. The van der Waals surface area contributed by atoms with Crippen LogP contribution >= 0.6 is 24.0 Å². The SMILES string of the molecule is CCN(CC)c1ccc(CN=C(N)NC(C)COC)cc1F.I. The fraction of sp³-hybridized carbons (Fsp3) is 0.562. The zero-order valence-electron chi connectivity index (χ0n) is 14.3. The van der Waals surface area contributed by atoms with Gasteiger partial charge in [0.1, 0.15) is 5.82 Å². The van der Waals surface area contributed by atoms with E-state index in [-0.39, 0.29) is 35.8 Å². The first-order chi connectivity index (χ1) is 10.5. The van der Waals surface area contributed by atoms with Gasteiger partial charge >= 0.3 is 0 Å². The molecule has 0 heterocycles. The van der Waals surface area contributed by atoms with Crippen molar-refractivity contribution in [1.82, 2.24) is 5.32 Å². The van der Waals surface area contributed by atoms with E-state index >= 15 is 0 Å². The molecule has 0 aromatic heterocycles. The summed E-state index contributed by atoms with van der Waals surface area (Å²) in [6, 6.07) is 5.27. The summed E-state index contributed by atoms with van der Waals surface area (Å²) in [5, 5.41) is 3.01. The molecular formula is C16H28FIN4O. The molecule has 0 saturated heterocycles. The molecule has 23 heavy (non-hydrogen) atoms. The van der Waals surface area contributed by atoms with Crippen molar-refractivity contribution in [1.29, 1.82) is 0 Å². The molecule has 5 nitrogen and oxygen atoms in total. The third-order valence-corrected chi connectivity index (χ3v) is 3.36. The summed E-state index contributed by atoms with van der Waals surface area (Å²) in [5.74, 6) is 0.105. The minimum absolute atomic E-state index is 0. The molecule has 1 unspecified atom stereocenters. The maximum absolute atomic E-state index is 14.2. The zero-order valence-corrected chi connectivity index (χ0v) is 16.6. The number of nitrogens with two attached hydrogens (primary N) is 1. The van der Waals surface area contributed by atoms with E-state index in [2.05, 4.69) is 10.3 Å². The Kier molecular flexibility index (Phi) is 10.9. The Hall–Kier alpha value is -1.09. The van der Waals surface area contributed by atoms with E-state index in [0.717, 1.165) is 18.7 Å². The molecule has 3 N–H and O–H groups in total. The monoisotopic (exact) mass is 438 g/mol. The summed E-state index contributed by atoms with van der Waals surface area (Å²) in [7, 11) is 1.63. The zero-order chi connectivity index (χ0) is 16.5. The third kappa shape index (κ3) is 7.34. The molecule has 1 aromatic rings. The molecule has 1 aromatic carbocycles. The van der Waals surface area contributed by atoms with Gasteiger partial charge in [-0.25, -0.2) is 9.38 Å². The Morgan fingerprint density at radius 2 is 2.04 bits per heavy atom. The van der Waals surface area contributed by atoms with Crippen molar-refractivity contribution in [2.45, 2.75) is 33.4 Å². The number of hydrogen-bond acceptors (Lipinski definition) is 3. The van der Waals surface area contributed by atoms with Gasteiger partial charge in [0.2, 0.25) is 0 Å². The standard InChI is InChI=1S/C16H27FN4O.HI/c1-5-21(6-2)15-8-7-13(9-14(15)17)10-19-16(18)20-12(3)11-22-4;/h7-9,12H,5-6,10-11H2,1-4H3,(H3,18,19,20);1H. The summed E-state index contributed by atoms with van der Waals surface area (Å²) in [6.07, 6.45) is 0. The second kappa shape index (κ2) is 11.4. The molecule has 0 aliphatic carbocycles. The first-order valence-corrected chi connectivity index (χ1v) is 7.60. The van der Waals surface area contributed by atoms with Crippen LogP contribution in [0.1, 0.15) is 26.3 Å². The van der Waals surface area contributed by atoms with Crippen LogP contribution in [0.4, 0.5) is 10.1 Å². The maximum atomic E-state index is 14.2. The minimum Gasteiger partial charge on any atom is -0.383 e. The Morgan fingerprint density at radius 3 is 2.57 bits per heavy atom. The fourth-order valence-electron chi connectivity index (χ4n) is 2.24. The Morgan fingerprint density at radius 1 is 1.39 bits per heavy atom. The van der Waals surface area contributed by atoms with Crippen molar-refractivity contribution in [2.75, 3.05) is 31.7 Å². The quantitative estimate of drug-likeness (QED) is 0.372. The normalized spacial score (nSPS) is 12.5. The molecule has 0 saturated carbocycles. The van der Waals surface area contributed by atoms with Crippen molar-refractivity contribution in [3.05, 3.63) is 29.6 Å². The van der Waals surface area contributed by atoms with Crippen molar-refractivity contribution in [3.63, 3.8) is 0 Å². The minimum atomic E-state index is -0.226. The highest BCUT2D eigenvalue weighted by Crippen LogP contribution is 2.20. The average Bonchev–Trinajstić information content (AvgIpc) is 2.48. The number of guanidine groups is 1. The van der Waals surface area contributed by atoms with Crippen LogP contribution in [0.25, 0.3) is 0 Å². The van der Waals surface area contributed by atoms with Gasteiger partial charge in [0, 0.05) is 26.2 Å². The molecule has 132 valence electrons. The number of benzene rings is 1. The van der Waals surface area contributed by atoms with Gasteiger partial charge in [-0.2, -0.15) is 0 Å². The summed E-state index contributed by atoms with van der Waals surface area (Å²) < 4.78 is 19.2. The Labute approximate surface area is 155 Å². The van der Waals surface area contributed by atoms with Crippen LogP contribution in [0.5, 0.6) is 0 Å². The molecule has 0 fully saturated rings. The summed E-state index contributed by atoms with van der Waals surface area (Å²) >= 11 is 0. The number of anilines is 1. The summed E-state index contributed by atoms with van der Waals surface area (Å²) in [6.45, 7) is 8.41. The van der Waals surface area contributed by atoms with Gasteiger partial charge < -0.3 is 20.7 Å². The number of aliphatic imine (C=N–C) groups is 1. The van der Waals surface area contributed by atoms with Crippen molar-refractivity contribution >= 4 is 35.6 Å². The van der Waals surface area contributed by atoms with Gasteiger partial charge in [0.05, 0.1) is 18.8 Å². The van der Waals surface area contributed by atoms with Crippen molar-refractivity contribution in [3.8, 4) is 0 Å². The van der Waals surface area contributed by atoms with Crippen LogP contribution in [0.15, 0.2) is 23.2 Å². The molecule has 7 heteroatoms. The predicted octanol–water partition coefficient (Wildman–Crippen LogP) is 2.73. The number of ether oxygens (including phenoxy) is 1.